The lowest BCUT2D eigenvalue weighted by Gasteiger charge is -2.35. The van der Waals surface area contributed by atoms with Crippen molar-refractivity contribution in [1.82, 2.24) is 10.3 Å². The molecule has 0 aliphatic carbocycles. The van der Waals surface area contributed by atoms with E-state index >= 15 is 0 Å². The van der Waals surface area contributed by atoms with Crippen LogP contribution in [0.5, 0.6) is 11.5 Å². The van der Waals surface area contributed by atoms with Crippen molar-refractivity contribution in [2.45, 2.75) is 0 Å². The lowest BCUT2D eigenvalue weighted by Crippen LogP contribution is -2.50. The van der Waals surface area contributed by atoms with Crippen molar-refractivity contribution < 1.29 is 24.4 Å². The molecule has 11 nitrogen and oxygen atoms in total. The van der Waals surface area contributed by atoms with E-state index in [4.69, 9.17) is 16.3 Å². The second-order valence-electron chi connectivity index (χ2n) is 9.47. The van der Waals surface area contributed by atoms with Crippen molar-refractivity contribution >= 4 is 51.8 Å². The second-order valence-corrected chi connectivity index (χ2v) is 9.87. The Labute approximate surface area is 245 Å². The van der Waals surface area contributed by atoms with Crippen LogP contribution in [0.1, 0.15) is 15.9 Å². The molecule has 0 atom stereocenters. The van der Waals surface area contributed by atoms with Gasteiger partial charge in [0.25, 0.3) is 17.5 Å². The maximum atomic E-state index is 12.9. The molecule has 1 fully saturated rings. The summed E-state index contributed by atoms with van der Waals surface area (Å²) in [6.45, 7) is 1.64. The van der Waals surface area contributed by atoms with E-state index in [-0.39, 0.29) is 34.5 Å². The minimum absolute atomic E-state index is 0.0469. The van der Waals surface area contributed by atoms with E-state index in [0.29, 0.717) is 37.6 Å². The molecule has 5 rings (SSSR count). The fourth-order valence-electron chi connectivity index (χ4n) is 4.72. The Morgan fingerprint density at radius 3 is 2.45 bits per heavy atom. The minimum Gasteiger partial charge on any atom is -0.506 e. The molecular formula is C30H26ClN5O6. The Hall–Kier alpha value is -5.16. The molecule has 1 saturated heterocycles. The van der Waals surface area contributed by atoms with E-state index in [2.05, 4.69) is 10.5 Å². The predicted molar refractivity (Wildman–Crippen MR) is 160 cm³/mol. The number of para-hydroxylation sites is 2. The number of hydrogen-bond acceptors (Lipinski definition) is 8. The largest absolute Gasteiger partial charge is 0.506 e. The summed E-state index contributed by atoms with van der Waals surface area (Å²) >= 11 is 5.87. The first-order chi connectivity index (χ1) is 20.3. The number of hydrogen-bond donors (Lipinski definition) is 2. The van der Waals surface area contributed by atoms with Crippen LogP contribution in [0.3, 0.4) is 0 Å². The number of amides is 2. The summed E-state index contributed by atoms with van der Waals surface area (Å²) in [7, 11) is 0. The maximum absolute atomic E-state index is 12.9. The van der Waals surface area contributed by atoms with Gasteiger partial charge in [-0.1, -0.05) is 48.0 Å². The summed E-state index contributed by atoms with van der Waals surface area (Å²) in [6, 6.07) is 21.7. The highest BCUT2D eigenvalue weighted by Crippen LogP contribution is 2.30. The minimum atomic E-state index is -0.487. The van der Waals surface area contributed by atoms with Crippen molar-refractivity contribution in [3.8, 4) is 11.5 Å². The predicted octanol–water partition coefficient (Wildman–Crippen LogP) is 4.60. The van der Waals surface area contributed by atoms with Gasteiger partial charge in [-0.05, 0) is 41.8 Å². The molecule has 4 aromatic carbocycles. The third-order valence-electron chi connectivity index (χ3n) is 6.90. The maximum Gasteiger partial charge on any atom is 0.292 e. The molecular weight excluding hydrogens is 562 g/mol. The van der Waals surface area contributed by atoms with Crippen molar-refractivity contribution in [3.05, 3.63) is 105 Å². The van der Waals surface area contributed by atoms with Gasteiger partial charge in [0.05, 0.1) is 16.2 Å². The van der Waals surface area contributed by atoms with Gasteiger partial charge in [0, 0.05) is 48.8 Å². The van der Waals surface area contributed by atoms with Crippen LogP contribution >= 0.6 is 11.6 Å². The summed E-state index contributed by atoms with van der Waals surface area (Å²) < 4.78 is 5.93. The summed E-state index contributed by atoms with van der Waals surface area (Å²) in [5, 5.41) is 26.6. The van der Waals surface area contributed by atoms with Gasteiger partial charge in [-0.3, -0.25) is 19.7 Å². The first-order valence-corrected chi connectivity index (χ1v) is 13.4. The molecule has 0 bridgehead atoms. The molecule has 12 heteroatoms. The normalized spacial score (nSPS) is 13.4. The fraction of sp³-hybridized carbons (Fsp3) is 0.167. The Bertz CT molecular complexity index is 1690. The monoisotopic (exact) mass is 587 g/mol. The highest BCUT2D eigenvalue weighted by atomic mass is 35.5. The summed E-state index contributed by atoms with van der Waals surface area (Å²) in [5.74, 6) is -0.258. The van der Waals surface area contributed by atoms with Gasteiger partial charge in [-0.25, -0.2) is 5.43 Å². The number of rotatable bonds is 8. The molecule has 1 aliphatic rings. The number of nitro benzene ring substituents is 1. The van der Waals surface area contributed by atoms with Crippen LogP contribution in [0.4, 0.5) is 11.4 Å². The average Bonchev–Trinajstić information content (AvgIpc) is 3.01. The third-order valence-corrected chi connectivity index (χ3v) is 7.20. The van der Waals surface area contributed by atoms with Crippen LogP contribution < -0.4 is 15.1 Å². The number of ether oxygens (including phenoxy) is 1. The molecule has 0 unspecified atom stereocenters. The quantitative estimate of drug-likeness (QED) is 0.175. The zero-order chi connectivity index (χ0) is 29.6. The van der Waals surface area contributed by atoms with Crippen LogP contribution in [-0.2, 0) is 4.79 Å². The molecule has 4 aromatic rings. The lowest BCUT2D eigenvalue weighted by molar-refractivity contribution is -0.384. The van der Waals surface area contributed by atoms with E-state index in [1.54, 1.807) is 35.2 Å². The molecule has 2 amide bonds. The number of carbonyl (C=O) groups excluding carboxylic acids is 2. The van der Waals surface area contributed by atoms with Crippen molar-refractivity contribution in [1.29, 1.82) is 0 Å². The first kappa shape index (κ1) is 28.4. The first-order valence-electron chi connectivity index (χ1n) is 13.0. The van der Waals surface area contributed by atoms with Gasteiger partial charge in [0.1, 0.15) is 17.2 Å². The highest BCUT2D eigenvalue weighted by molar-refractivity contribution is 6.32. The molecule has 0 radical (unpaired) electrons. The van der Waals surface area contributed by atoms with Crippen LogP contribution in [0.2, 0.25) is 5.02 Å². The fourth-order valence-corrected chi connectivity index (χ4v) is 4.90. The standard InChI is InChI=1S/C30H26ClN5O6/c31-24-17-20(9-11-27(24)37)30(39)33-32-18-21-10-12-28(23-6-2-1-5-22(21)23)42-19-29(38)35-15-13-34(14-16-35)25-7-3-4-8-26(25)36(40)41/h1-12,17-18,37H,13-16,19H2,(H,33,39). The number of nitrogens with zero attached hydrogens (tertiary/aromatic N) is 4. The van der Waals surface area contributed by atoms with Crippen LogP contribution in [0, 0.1) is 10.1 Å². The molecule has 0 saturated carbocycles. The number of nitro groups is 1. The zero-order valence-electron chi connectivity index (χ0n) is 22.3. The molecule has 214 valence electrons. The summed E-state index contributed by atoms with van der Waals surface area (Å²) in [4.78, 5) is 39.9. The van der Waals surface area contributed by atoms with Crippen molar-refractivity contribution in [2.24, 2.45) is 5.10 Å². The molecule has 0 aromatic heterocycles. The topological polar surface area (TPSA) is 138 Å². The number of halogens is 1. The van der Waals surface area contributed by atoms with Crippen molar-refractivity contribution in [3.63, 3.8) is 0 Å². The number of hydrazone groups is 1. The van der Waals surface area contributed by atoms with E-state index in [1.807, 2.05) is 29.2 Å². The Balaban J connectivity index is 1.20. The van der Waals surface area contributed by atoms with E-state index in [9.17, 15) is 24.8 Å². The van der Waals surface area contributed by atoms with Gasteiger partial charge in [0.15, 0.2) is 6.61 Å². The molecule has 1 heterocycles. The SMILES string of the molecule is O=C(NN=Cc1ccc(OCC(=O)N2CCN(c3ccccc3[N+](=O)[O-])CC2)c2ccccc12)c1ccc(O)c(Cl)c1. The van der Waals surface area contributed by atoms with Gasteiger partial charge < -0.3 is 19.6 Å². The van der Waals surface area contributed by atoms with E-state index in [1.165, 1.54) is 30.5 Å². The van der Waals surface area contributed by atoms with Crippen LogP contribution in [-0.4, -0.2) is 65.7 Å². The number of phenols is 1. The zero-order valence-corrected chi connectivity index (χ0v) is 23.0. The Morgan fingerprint density at radius 2 is 1.71 bits per heavy atom. The Morgan fingerprint density at radius 1 is 1.00 bits per heavy atom. The van der Waals surface area contributed by atoms with Gasteiger partial charge in [-0.2, -0.15) is 5.10 Å². The molecule has 2 N–H and O–H groups in total. The summed E-state index contributed by atoms with van der Waals surface area (Å²) in [5.41, 5.74) is 4.01. The number of benzene rings is 4. The smallest absolute Gasteiger partial charge is 0.292 e. The number of phenolic OH excluding ortho intramolecular Hbond substituents is 1. The van der Waals surface area contributed by atoms with E-state index in [0.717, 1.165) is 16.3 Å². The van der Waals surface area contributed by atoms with Crippen molar-refractivity contribution in [2.75, 3.05) is 37.7 Å². The highest BCUT2D eigenvalue weighted by Gasteiger charge is 2.25. The average molecular weight is 588 g/mol. The summed E-state index contributed by atoms with van der Waals surface area (Å²) in [6.07, 6.45) is 1.51. The number of piperazine rings is 1. The van der Waals surface area contributed by atoms with Gasteiger partial charge in [0.2, 0.25) is 0 Å². The van der Waals surface area contributed by atoms with E-state index < -0.39 is 10.8 Å². The molecule has 0 spiro atoms. The van der Waals surface area contributed by atoms with Crippen LogP contribution in [0.25, 0.3) is 10.8 Å². The number of nitrogens with one attached hydrogen (secondary N) is 1. The Kier molecular flexibility index (Phi) is 8.49. The van der Waals surface area contributed by atoms with Gasteiger partial charge in [-0.15, -0.1) is 0 Å². The second kappa shape index (κ2) is 12.6. The van der Waals surface area contributed by atoms with Gasteiger partial charge >= 0.3 is 0 Å². The van der Waals surface area contributed by atoms with Crippen LogP contribution in [0.15, 0.2) is 84.0 Å². The molecule has 1 aliphatic heterocycles. The number of anilines is 1. The molecule has 42 heavy (non-hydrogen) atoms. The number of fused-ring (bicyclic) bond motifs is 1. The lowest BCUT2D eigenvalue weighted by atomic mass is 10.0. The number of carbonyl (C=O) groups is 2. The number of aromatic hydroxyl groups is 1. The third kappa shape index (κ3) is 6.26.